The molecule has 0 aromatic carbocycles. The third kappa shape index (κ3) is 4.48. The fourth-order valence-corrected chi connectivity index (χ4v) is 5.94. The lowest BCUT2D eigenvalue weighted by molar-refractivity contribution is -0.805. The molecule has 1 unspecified atom stereocenters. The third-order valence-electron chi connectivity index (χ3n) is 7.74. The predicted octanol–water partition coefficient (Wildman–Crippen LogP) is 2.49. The highest BCUT2D eigenvalue weighted by Crippen LogP contribution is 2.42. The first kappa shape index (κ1) is 23.7. The van der Waals surface area contributed by atoms with Crippen LogP contribution < -0.4 is 5.73 Å². The summed E-state index contributed by atoms with van der Waals surface area (Å²) in [5.74, 6) is -1.56. The molecule has 0 radical (unpaired) electrons. The van der Waals surface area contributed by atoms with Crippen molar-refractivity contribution in [2.75, 3.05) is 13.1 Å². The molecule has 2 saturated carbocycles. The fraction of sp³-hybridized carbons (Fsp3) is 0.818. The molecule has 0 spiro atoms. The number of hydroxylamine groups is 2. The van der Waals surface area contributed by atoms with Gasteiger partial charge in [0.05, 0.1) is 19.0 Å². The van der Waals surface area contributed by atoms with E-state index in [4.69, 9.17) is 10.5 Å². The first-order chi connectivity index (χ1) is 14.7. The van der Waals surface area contributed by atoms with Gasteiger partial charge in [0, 0.05) is 19.8 Å². The minimum Gasteiger partial charge on any atom is -0.458 e. The van der Waals surface area contributed by atoms with E-state index in [1.165, 1.54) is 0 Å². The molecule has 31 heavy (non-hydrogen) atoms. The number of rotatable bonds is 8. The Kier molecular flexibility index (Phi) is 7.36. The van der Waals surface area contributed by atoms with E-state index in [0.717, 1.165) is 51.4 Å². The Balaban J connectivity index is 1.91. The van der Waals surface area contributed by atoms with Gasteiger partial charge in [-0.25, -0.2) is 19.4 Å². The van der Waals surface area contributed by atoms with Crippen LogP contribution >= 0.6 is 0 Å². The van der Waals surface area contributed by atoms with Crippen LogP contribution in [0.4, 0.5) is 4.79 Å². The van der Waals surface area contributed by atoms with Crippen molar-refractivity contribution >= 4 is 24.3 Å². The quantitative estimate of drug-likeness (QED) is 0.197. The van der Waals surface area contributed by atoms with Crippen LogP contribution in [0.3, 0.4) is 0 Å². The normalized spacial score (nSPS) is 30.3. The summed E-state index contributed by atoms with van der Waals surface area (Å²) >= 11 is 0. The van der Waals surface area contributed by atoms with Crippen molar-refractivity contribution < 1.29 is 33.6 Å². The van der Waals surface area contributed by atoms with Gasteiger partial charge < -0.3 is 10.5 Å². The smallest absolute Gasteiger partial charge is 0.422 e. The third-order valence-corrected chi connectivity index (χ3v) is 7.74. The first-order valence-corrected chi connectivity index (χ1v) is 11.6. The summed E-state index contributed by atoms with van der Waals surface area (Å²) in [6.45, 7) is 1.50. The number of hydrogen-bond acceptors (Lipinski definition) is 6. The zero-order chi connectivity index (χ0) is 22.6. The number of nitrogens with two attached hydrogens (primary N) is 1. The van der Waals surface area contributed by atoms with Gasteiger partial charge in [-0.15, -0.1) is 0 Å². The SMILES string of the molecule is C[C@]1(C(=O)OC2CCCC2)CCC[N+]1(C(N)=O)C(=O)[C@H](CC1CCCC1)CN(O)C=O. The number of ether oxygens (including phenoxy) is 1. The Labute approximate surface area is 183 Å². The fourth-order valence-electron chi connectivity index (χ4n) is 5.94. The Bertz CT molecular complexity index is 703. The standard InChI is InChI=1S/C22H35N3O6/c1-22(20(28)31-18-9-4-5-10-18)11-6-12-25(22,21(23)29)19(27)17(14-24(30)15-26)13-16-7-2-3-8-16/h15-18,30H,2-14H2,1H3,(H-,23,29)/p+1/t17-,22-,25?/m1/s1. The van der Waals surface area contributed by atoms with E-state index in [2.05, 4.69) is 0 Å². The summed E-state index contributed by atoms with van der Waals surface area (Å²) in [6.07, 6.45) is 8.95. The molecule has 9 nitrogen and oxygen atoms in total. The van der Waals surface area contributed by atoms with Crippen LogP contribution in [0.2, 0.25) is 0 Å². The van der Waals surface area contributed by atoms with E-state index in [9.17, 15) is 24.4 Å². The molecule has 3 atom stereocenters. The summed E-state index contributed by atoms with van der Waals surface area (Å²) < 4.78 is 4.94. The predicted molar refractivity (Wildman–Crippen MR) is 110 cm³/mol. The van der Waals surface area contributed by atoms with E-state index >= 15 is 0 Å². The molecule has 0 aromatic rings. The van der Waals surface area contributed by atoms with Crippen LogP contribution in [0.1, 0.15) is 77.6 Å². The molecule has 2 aliphatic carbocycles. The number of esters is 1. The summed E-state index contributed by atoms with van der Waals surface area (Å²) in [7, 11) is 0. The van der Waals surface area contributed by atoms with Gasteiger partial charge in [0.1, 0.15) is 6.10 Å². The molecule has 3 fully saturated rings. The van der Waals surface area contributed by atoms with Crippen molar-refractivity contribution in [1.29, 1.82) is 0 Å². The van der Waals surface area contributed by atoms with Crippen molar-refractivity contribution in [1.82, 2.24) is 5.06 Å². The van der Waals surface area contributed by atoms with Crippen LogP contribution in [-0.2, 0) is 19.1 Å². The van der Waals surface area contributed by atoms with Gasteiger partial charge in [-0.1, -0.05) is 25.7 Å². The summed E-state index contributed by atoms with van der Waals surface area (Å²) in [4.78, 5) is 51.1. The lowest BCUT2D eigenvalue weighted by Gasteiger charge is -2.41. The van der Waals surface area contributed by atoms with Crippen LogP contribution in [0.5, 0.6) is 0 Å². The van der Waals surface area contributed by atoms with Crippen LogP contribution in [0, 0.1) is 11.8 Å². The summed E-state index contributed by atoms with van der Waals surface area (Å²) in [6, 6.07) is -0.875. The van der Waals surface area contributed by atoms with Gasteiger partial charge in [-0.3, -0.25) is 10.0 Å². The number of nitrogens with zero attached hydrogens (tertiary/aromatic N) is 2. The molecule has 0 bridgehead atoms. The zero-order valence-electron chi connectivity index (χ0n) is 18.5. The number of hydrogen-bond donors (Lipinski definition) is 2. The number of likely N-dealkylation sites (tertiary alicyclic amines) is 1. The lowest BCUT2D eigenvalue weighted by Crippen LogP contribution is -2.72. The maximum atomic E-state index is 13.9. The van der Waals surface area contributed by atoms with Crippen molar-refractivity contribution in [3.8, 4) is 0 Å². The Morgan fingerprint density at radius 2 is 1.77 bits per heavy atom. The topological polar surface area (TPSA) is 127 Å². The Morgan fingerprint density at radius 3 is 2.35 bits per heavy atom. The van der Waals surface area contributed by atoms with Gasteiger partial charge >= 0.3 is 17.9 Å². The zero-order valence-corrected chi connectivity index (χ0v) is 18.5. The molecule has 9 heteroatoms. The first-order valence-electron chi connectivity index (χ1n) is 11.6. The monoisotopic (exact) mass is 438 g/mol. The molecule has 174 valence electrons. The molecule has 0 aromatic heterocycles. The molecule has 3 aliphatic rings. The molecule has 1 saturated heterocycles. The van der Waals surface area contributed by atoms with Gasteiger partial charge in [0.2, 0.25) is 11.9 Å². The highest BCUT2D eigenvalue weighted by atomic mass is 16.5. The van der Waals surface area contributed by atoms with E-state index in [0.29, 0.717) is 24.3 Å². The summed E-state index contributed by atoms with van der Waals surface area (Å²) in [5.41, 5.74) is 4.42. The van der Waals surface area contributed by atoms with E-state index in [1.54, 1.807) is 6.92 Å². The van der Waals surface area contributed by atoms with E-state index in [-0.39, 0.29) is 31.5 Å². The van der Waals surface area contributed by atoms with E-state index in [1.807, 2.05) is 0 Å². The molecule has 1 aliphatic heterocycles. The minimum atomic E-state index is -1.40. The Hall–Kier alpha value is -2.00. The molecule has 3 N–H and O–H groups in total. The highest BCUT2D eigenvalue weighted by Gasteiger charge is 2.67. The van der Waals surface area contributed by atoms with Crippen LogP contribution in [0.15, 0.2) is 0 Å². The lowest BCUT2D eigenvalue weighted by atomic mass is 9.88. The molecule has 1 heterocycles. The Morgan fingerprint density at radius 1 is 1.16 bits per heavy atom. The van der Waals surface area contributed by atoms with Gasteiger partial charge in [-0.05, 0) is 38.0 Å². The number of carbonyl (C=O) groups is 4. The maximum absolute atomic E-state index is 13.9. The minimum absolute atomic E-state index is 0.123. The highest BCUT2D eigenvalue weighted by molar-refractivity contribution is 5.92. The second-order valence-electron chi connectivity index (χ2n) is 9.71. The van der Waals surface area contributed by atoms with Crippen LogP contribution in [0.25, 0.3) is 0 Å². The van der Waals surface area contributed by atoms with Gasteiger partial charge in [0.25, 0.3) is 0 Å². The second kappa shape index (κ2) is 9.65. The second-order valence-corrected chi connectivity index (χ2v) is 9.71. The number of carbonyl (C=O) groups excluding carboxylic acids is 4. The summed E-state index contributed by atoms with van der Waals surface area (Å²) in [5, 5.41) is 10.3. The van der Waals surface area contributed by atoms with Crippen molar-refractivity contribution in [3.63, 3.8) is 0 Å². The van der Waals surface area contributed by atoms with Gasteiger partial charge in [-0.2, -0.15) is 4.48 Å². The average Bonchev–Trinajstić information content (AvgIpc) is 3.49. The van der Waals surface area contributed by atoms with Crippen molar-refractivity contribution in [3.05, 3.63) is 0 Å². The number of amides is 4. The number of imide groups is 1. The molecular formula is C22H36N3O6+. The molecule has 4 amide bonds. The molecular weight excluding hydrogens is 402 g/mol. The number of quaternary nitrogens is 1. The average molecular weight is 439 g/mol. The molecule has 3 rings (SSSR count). The number of urea groups is 1. The van der Waals surface area contributed by atoms with Crippen molar-refractivity contribution in [2.24, 2.45) is 17.6 Å². The largest absolute Gasteiger partial charge is 0.458 e. The number of primary amides is 1. The van der Waals surface area contributed by atoms with E-state index < -0.39 is 33.8 Å². The van der Waals surface area contributed by atoms with Gasteiger partial charge in [0.15, 0.2) is 0 Å². The van der Waals surface area contributed by atoms with Crippen molar-refractivity contribution in [2.45, 2.75) is 89.2 Å². The maximum Gasteiger partial charge on any atom is 0.422 e. The van der Waals surface area contributed by atoms with Crippen LogP contribution in [-0.4, -0.2) is 63.8 Å².